The molecule has 1 fully saturated rings. The van der Waals surface area contributed by atoms with E-state index in [4.69, 9.17) is 10.5 Å². The highest BCUT2D eigenvalue weighted by atomic mass is 127. The predicted molar refractivity (Wildman–Crippen MR) is 85.8 cm³/mol. The highest BCUT2D eigenvalue weighted by molar-refractivity contribution is 14.1. The van der Waals surface area contributed by atoms with Crippen LogP contribution in [0.15, 0.2) is 34.1 Å². The Bertz CT molecular complexity index is 381. The van der Waals surface area contributed by atoms with Gasteiger partial charge in [-0.15, -0.1) is 0 Å². The molecule has 1 saturated heterocycles. The molecule has 1 heterocycles. The lowest BCUT2D eigenvalue weighted by Crippen LogP contribution is -2.37. The van der Waals surface area contributed by atoms with Crippen LogP contribution in [0.3, 0.4) is 0 Å². The fraction of sp³-hybridized carbons (Fsp3) is 0.500. The molecule has 0 aromatic carbocycles. The van der Waals surface area contributed by atoms with Crippen LogP contribution in [0, 0.1) is 0 Å². The quantitative estimate of drug-likeness (QED) is 0.440. The van der Waals surface area contributed by atoms with Crippen molar-refractivity contribution in [3.05, 3.63) is 34.1 Å². The Morgan fingerprint density at radius 1 is 1.58 bits per heavy atom. The Labute approximate surface area is 128 Å². The molecule has 0 saturated carbocycles. The Morgan fingerprint density at radius 2 is 2.32 bits per heavy atom. The van der Waals surface area contributed by atoms with Gasteiger partial charge >= 0.3 is 0 Å². The summed E-state index contributed by atoms with van der Waals surface area (Å²) in [5, 5.41) is 0. The van der Waals surface area contributed by atoms with E-state index >= 15 is 0 Å². The van der Waals surface area contributed by atoms with Gasteiger partial charge in [-0.3, -0.25) is 4.79 Å². The van der Waals surface area contributed by atoms with Crippen LogP contribution in [-0.4, -0.2) is 36.6 Å². The van der Waals surface area contributed by atoms with Gasteiger partial charge in [0.1, 0.15) is 0 Å². The minimum Gasteiger partial charge on any atom is -0.394 e. The fourth-order valence-corrected chi connectivity index (χ4v) is 2.11. The average molecular weight is 376 g/mol. The number of ether oxygens (including phenoxy) is 1. The number of rotatable bonds is 6. The van der Waals surface area contributed by atoms with Crippen LogP contribution >= 0.6 is 22.6 Å². The van der Waals surface area contributed by atoms with Gasteiger partial charge in [0, 0.05) is 26.6 Å². The number of carbonyl (C=O) groups excluding carboxylic acids is 1. The van der Waals surface area contributed by atoms with Crippen LogP contribution < -0.4 is 5.73 Å². The monoisotopic (exact) mass is 376 g/mol. The zero-order valence-corrected chi connectivity index (χ0v) is 13.4. The van der Waals surface area contributed by atoms with E-state index in [-0.39, 0.29) is 12.0 Å². The average Bonchev–Trinajstić information content (AvgIpc) is 2.85. The third-order valence-corrected chi connectivity index (χ3v) is 3.35. The van der Waals surface area contributed by atoms with Gasteiger partial charge in [-0.2, -0.15) is 0 Å². The van der Waals surface area contributed by atoms with Crippen LogP contribution in [0.1, 0.15) is 19.8 Å². The molecule has 1 aliphatic rings. The molecule has 0 radical (unpaired) electrons. The lowest BCUT2D eigenvalue weighted by molar-refractivity contribution is -0.129. The van der Waals surface area contributed by atoms with E-state index in [0.29, 0.717) is 16.8 Å². The second-order valence-corrected chi connectivity index (χ2v) is 5.78. The van der Waals surface area contributed by atoms with Crippen molar-refractivity contribution < 1.29 is 9.53 Å². The molecule has 4 nitrogen and oxygen atoms in total. The van der Waals surface area contributed by atoms with E-state index in [0.717, 1.165) is 25.0 Å². The summed E-state index contributed by atoms with van der Waals surface area (Å²) in [5.41, 5.74) is 6.55. The molecule has 0 unspecified atom stereocenters. The molecular formula is C14H21IN2O2. The Kier molecular flexibility index (Phi) is 7.15. The number of nitrogens with two attached hydrogens (primary N) is 1. The van der Waals surface area contributed by atoms with Gasteiger partial charge in [0.15, 0.2) is 0 Å². The van der Waals surface area contributed by atoms with Crippen molar-refractivity contribution >= 4 is 28.5 Å². The Balaban J connectivity index is 2.65. The Morgan fingerprint density at radius 3 is 2.79 bits per heavy atom. The van der Waals surface area contributed by atoms with Gasteiger partial charge in [-0.05, 0) is 47.1 Å². The molecule has 1 rings (SSSR count). The topological polar surface area (TPSA) is 55.6 Å². The van der Waals surface area contributed by atoms with Gasteiger partial charge in [-0.25, -0.2) is 0 Å². The first-order valence-electron chi connectivity index (χ1n) is 6.34. The van der Waals surface area contributed by atoms with Crippen molar-refractivity contribution in [2.24, 2.45) is 5.73 Å². The molecule has 1 atom stereocenters. The van der Waals surface area contributed by atoms with Crippen molar-refractivity contribution in [3.8, 4) is 0 Å². The molecule has 1 amide bonds. The number of amides is 1. The van der Waals surface area contributed by atoms with E-state index in [2.05, 4.69) is 6.58 Å². The summed E-state index contributed by atoms with van der Waals surface area (Å²) in [4.78, 5) is 13.5. The smallest absolute Gasteiger partial charge is 0.219 e. The van der Waals surface area contributed by atoms with Crippen molar-refractivity contribution in [3.63, 3.8) is 0 Å². The van der Waals surface area contributed by atoms with Crippen LogP contribution in [-0.2, 0) is 9.53 Å². The predicted octanol–water partition coefficient (Wildman–Crippen LogP) is 2.36. The third-order valence-electron chi connectivity index (χ3n) is 2.99. The summed E-state index contributed by atoms with van der Waals surface area (Å²) in [6, 6.07) is 0. The number of hydrogen-bond acceptors (Lipinski definition) is 3. The van der Waals surface area contributed by atoms with Crippen molar-refractivity contribution in [2.75, 3.05) is 19.7 Å². The van der Waals surface area contributed by atoms with Crippen molar-refractivity contribution in [2.45, 2.75) is 25.9 Å². The van der Waals surface area contributed by atoms with Gasteiger partial charge in [0.2, 0.25) is 5.91 Å². The Hall–Kier alpha value is -0.820. The summed E-state index contributed by atoms with van der Waals surface area (Å²) >= 11 is 2.04. The molecule has 0 bridgehead atoms. The van der Waals surface area contributed by atoms with E-state index in [1.54, 1.807) is 17.9 Å². The van der Waals surface area contributed by atoms with Crippen molar-refractivity contribution in [1.29, 1.82) is 0 Å². The first-order valence-corrected chi connectivity index (χ1v) is 7.42. The maximum absolute atomic E-state index is 11.7. The largest absolute Gasteiger partial charge is 0.394 e. The summed E-state index contributed by atoms with van der Waals surface area (Å²) in [5.74, 6) is 0.0506. The summed E-state index contributed by atoms with van der Waals surface area (Å²) in [6.45, 7) is 7.34. The minimum atomic E-state index is 0.0506. The lowest BCUT2D eigenvalue weighted by atomic mass is 10.2. The highest BCUT2D eigenvalue weighted by Crippen LogP contribution is 2.14. The molecule has 106 valence electrons. The molecule has 5 heteroatoms. The van der Waals surface area contributed by atoms with E-state index in [1.165, 1.54) is 0 Å². The van der Waals surface area contributed by atoms with Gasteiger partial charge in [0.25, 0.3) is 0 Å². The fourth-order valence-electron chi connectivity index (χ4n) is 1.93. The molecular weight excluding hydrogens is 355 g/mol. The molecule has 0 aliphatic carbocycles. The molecule has 2 N–H and O–H groups in total. The third kappa shape index (κ3) is 6.24. The molecule has 0 spiro atoms. The van der Waals surface area contributed by atoms with E-state index in [1.807, 2.05) is 34.7 Å². The number of carbonyl (C=O) groups is 1. The van der Waals surface area contributed by atoms with Crippen LogP contribution in [0.4, 0.5) is 0 Å². The summed E-state index contributed by atoms with van der Waals surface area (Å²) < 4.78 is 6.27. The lowest BCUT2D eigenvalue weighted by Gasteiger charge is -2.24. The minimum absolute atomic E-state index is 0.0506. The zero-order chi connectivity index (χ0) is 14.3. The summed E-state index contributed by atoms with van der Waals surface area (Å²) in [6.07, 6.45) is 7.72. The second-order valence-electron chi connectivity index (χ2n) is 4.53. The molecule has 1 aliphatic heterocycles. The molecule has 0 aromatic rings. The normalized spacial score (nSPS) is 20.4. The van der Waals surface area contributed by atoms with Gasteiger partial charge in [-0.1, -0.05) is 18.7 Å². The SMILES string of the molecule is C=C/C(=C\C=C(/N)I)CN(C[C@H]1CCCO1)C(C)=O. The van der Waals surface area contributed by atoms with Crippen molar-refractivity contribution in [1.82, 2.24) is 4.90 Å². The number of halogens is 1. The maximum Gasteiger partial charge on any atom is 0.219 e. The van der Waals surface area contributed by atoms with E-state index < -0.39 is 0 Å². The summed E-state index contributed by atoms with van der Waals surface area (Å²) in [7, 11) is 0. The number of allylic oxidation sites excluding steroid dienone is 2. The van der Waals surface area contributed by atoms with E-state index in [9.17, 15) is 4.79 Å². The first-order chi connectivity index (χ1) is 9.02. The maximum atomic E-state index is 11.7. The molecule has 19 heavy (non-hydrogen) atoms. The number of hydrogen-bond donors (Lipinski definition) is 1. The van der Waals surface area contributed by atoms with Gasteiger partial charge < -0.3 is 15.4 Å². The van der Waals surface area contributed by atoms with Crippen LogP contribution in [0.5, 0.6) is 0 Å². The van der Waals surface area contributed by atoms with Gasteiger partial charge in [0.05, 0.1) is 9.81 Å². The first kappa shape index (κ1) is 16.2. The second kappa shape index (κ2) is 8.37. The van der Waals surface area contributed by atoms with Crippen LogP contribution in [0.2, 0.25) is 0 Å². The standard InChI is InChI=1S/C14H21IN2O2/c1-3-12(6-7-14(15)16)9-17(11(2)18)10-13-5-4-8-19-13/h3,6-7,13H,1,4-5,8-10,16H2,2H3/b12-6+,14-7-/t13-/m1/s1. The highest BCUT2D eigenvalue weighted by Gasteiger charge is 2.20. The molecule has 0 aromatic heterocycles. The number of nitrogens with zero attached hydrogens (tertiary/aromatic N) is 1. The zero-order valence-electron chi connectivity index (χ0n) is 11.3. The van der Waals surface area contributed by atoms with Crippen LogP contribution in [0.25, 0.3) is 0 Å².